The number of ether oxygens (including phenoxy) is 1. The summed E-state index contributed by atoms with van der Waals surface area (Å²) < 4.78 is 6.96. The number of imidazole rings is 1. The second kappa shape index (κ2) is 7.76. The van der Waals surface area contributed by atoms with Crippen molar-refractivity contribution in [2.75, 3.05) is 12.4 Å². The Morgan fingerprint density at radius 2 is 2.00 bits per heavy atom. The number of benzene rings is 2. The van der Waals surface area contributed by atoms with Crippen molar-refractivity contribution in [1.29, 1.82) is 0 Å². The summed E-state index contributed by atoms with van der Waals surface area (Å²) in [6.45, 7) is 0. The molecule has 0 aliphatic rings. The molecule has 1 amide bonds. The summed E-state index contributed by atoms with van der Waals surface area (Å²) >= 11 is 1.33. The molecule has 0 atom stereocenters. The van der Waals surface area contributed by atoms with Crippen LogP contribution < -0.4 is 10.1 Å². The molecule has 0 unspecified atom stereocenters. The molecular formula is C21H18N4O3S. The Bertz CT molecular complexity index is 1170. The van der Waals surface area contributed by atoms with E-state index in [0.29, 0.717) is 10.9 Å². The molecule has 8 heteroatoms. The van der Waals surface area contributed by atoms with Gasteiger partial charge in [-0.25, -0.2) is 9.97 Å². The van der Waals surface area contributed by atoms with E-state index >= 15 is 0 Å². The Balaban J connectivity index is 1.71. The first-order valence-electron chi connectivity index (χ1n) is 8.79. The summed E-state index contributed by atoms with van der Waals surface area (Å²) in [6, 6.07) is 14.2. The Labute approximate surface area is 171 Å². The molecule has 4 rings (SSSR count). The van der Waals surface area contributed by atoms with E-state index in [1.807, 2.05) is 48.1 Å². The van der Waals surface area contributed by atoms with Crippen molar-refractivity contribution in [1.82, 2.24) is 14.5 Å². The Kier molecular flexibility index (Phi) is 5.01. The summed E-state index contributed by atoms with van der Waals surface area (Å²) in [6.07, 6.45) is 3.58. The number of carbonyl (C=O) groups is 1. The Hall–Kier alpha value is -3.65. The SMILES string of the molecule is COc1ccc(C(=O)Nc2nc(-c3ccccc3)c(-c3nccn3C)s2)c(O)c1. The minimum absolute atomic E-state index is 0.140. The first-order valence-corrected chi connectivity index (χ1v) is 9.60. The zero-order chi connectivity index (χ0) is 20.4. The molecule has 4 aromatic rings. The number of nitrogens with zero attached hydrogens (tertiary/aromatic N) is 3. The molecule has 0 aliphatic heterocycles. The second-order valence-electron chi connectivity index (χ2n) is 6.26. The number of carbonyl (C=O) groups excluding carboxylic acids is 1. The summed E-state index contributed by atoms with van der Waals surface area (Å²) in [7, 11) is 3.40. The number of phenols is 1. The van der Waals surface area contributed by atoms with Crippen molar-refractivity contribution < 1.29 is 14.6 Å². The van der Waals surface area contributed by atoms with E-state index in [4.69, 9.17) is 4.74 Å². The molecule has 0 saturated carbocycles. The number of hydrogen-bond acceptors (Lipinski definition) is 6. The summed E-state index contributed by atoms with van der Waals surface area (Å²) in [5.74, 6) is 0.613. The van der Waals surface area contributed by atoms with Crippen LogP contribution in [0.25, 0.3) is 22.0 Å². The topological polar surface area (TPSA) is 89.3 Å². The predicted octanol–water partition coefficient (Wildman–Crippen LogP) is 4.18. The highest BCUT2D eigenvalue weighted by Crippen LogP contribution is 2.38. The number of hydrogen-bond donors (Lipinski definition) is 2. The molecule has 0 aliphatic carbocycles. The number of phenolic OH excluding ortho intramolecular Hbond substituents is 1. The third-order valence-electron chi connectivity index (χ3n) is 4.37. The zero-order valence-electron chi connectivity index (χ0n) is 15.8. The van der Waals surface area contributed by atoms with Crippen LogP contribution in [0.2, 0.25) is 0 Å². The van der Waals surface area contributed by atoms with Crippen LogP contribution in [-0.2, 0) is 7.05 Å². The normalized spacial score (nSPS) is 10.7. The highest BCUT2D eigenvalue weighted by molar-refractivity contribution is 7.19. The van der Waals surface area contributed by atoms with Crippen molar-refractivity contribution >= 4 is 22.4 Å². The molecule has 146 valence electrons. The quantitative estimate of drug-likeness (QED) is 0.519. The van der Waals surface area contributed by atoms with Gasteiger partial charge in [0.1, 0.15) is 11.5 Å². The van der Waals surface area contributed by atoms with Gasteiger partial charge < -0.3 is 14.4 Å². The van der Waals surface area contributed by atoms with Gasteiger partial charge in [-0.05, 0) is 12.1 Å². The fourth-order valence-corrected chi connectivity index (χ4v) is 3.92. The van der Waals surface area contributed by atoms with Gasteiger partial charge in [0.2, 0.25) is 0 Å². The maximum Gasteiger partial charge on any atom is 0.261 e. The monoisotopic (exact) mass is 406 g/mol. The first-order chi connectivity index (χ1) is 14.1. The van der Waals surface area contributed by atoms with Gasteiger partial charge in [-0.2, -0.15) is 0 Å². The number of anilines is 1. The van der Waals surface area contributed by atoms with Crippen LogP contribution in [0.15, 0.2) is 60.9 Å². The molecule has 0 fully saturated rings. The number of thiazole rings is 1. The first kappa shape index (κ1) is 18.7. The molecule has 2 aromatic carbocycles. The fraction of sp³-hybridized carbons (Fsp3) is 0.0952. The predicted molar refractivity (Wildman–Crippen MR) is 112 cm³/mol. The molecule has 2 heterocycles. The van der Waals surface area contributed by atoms with Gasteiger partial charge in [0.05, 0.1) is 23.2 Å². The Morgan fingerprint density at radius 1 is 1.21 bits per heavy atom. The second-order valence-corrected chi connectivity index (χ2v) is 7.26. The number of nitrogens with one attached hydrogen (secondary N) is 1. The number of aryl methyl sites for hydroxylation is 1. The van der Waals surface area contributed by atoms with E-state index in [2.05, 4.69) is 15.3 Å². The molecule has 2 N–H and O–H groups in total. The van der Waals surface area contributed by atoms with E-state index < -0.39 is 5.91 Å². The molecule has 0 spiro atoms. The Morgan fingerprint density at radius 3 is 2.66 bits per heavy atom. The van der Waals surface area contributed by atoms with E-state index in [1.54, 1.807) is 12.3 Å². The van der Waals surface area contributed by atoms with Crippen molar-refractivity contribution in [3.05, 3.63) is 66.5 Å². The van der Waals surface area contributed by atoms with Crippen molar-refractivity contribution in [3.8, 4) is 33.5 Å². The lowest BCUT2D eigenvalue weighted by Crippen LogP contribution is -2.11. The third-order valence-corrected chi connectivity index (χ3v) is 5.34. The lowest BCUT2D eigenvalue weighted by atomic mass is 10.1. The summed E-state index contributed by atoms with van der Waals surface area (Å²) in [5.41, 5.74) is 1.80. The van der Waals surface area contributed by atoms with E-state index in [9.17, 15) is 9.90 Å². The summed E-state index contributed by atoms with van der Waals surface area (Å²) in [4.78, 5) is 22.6. The van der Waals surface area contributed by atoms with Crippen LogP contribution in [0.3, 0.4) is 0 Å². The largest absolute Gasteiger partial charge is 0.507 e. The molecule has 0 saturated heterocycles. The van der Waals surface area contributed by atoms with Crippen molar-refractivity contribution in [2.45, 2.75) is 0 Å². The van der Waals surface area contributed by atoms with E-state index in [0.717, 1.165) is 22.0 Å². The van der Waals surface area contributed by atoms with Gasteiger partial charge >= 0.3 is 0 Å². The minimum atomic E-state index is -0.454. The molecule has 0 bridgehead atoms. The van der Waals surface area contributed by atoms with Gasteiger partial charge in [-0.3, -0.25) is 10.1 Å². The number of aromatic hydroxyl groups is 1. The van der Waals surface area contributed by atoms with Crippen LogP contribution in [0, 0.1) is 0 Å². The number of rotatable bonds is 5. The van der Waals surface area contributed by atoms with Crippen LogP contribution in [-0.4, -0.2) is 32.7 Å². The maximum absolute atomic E-state index is 12.7. The maximum atomic E-state index is 12.7. The van der Waals surface area contributed by atoms with Crippen molar-refractivity contribution in [2.24, 2.45) is 7.05 Å². The smallest absolute Gasteiger partial charge is 0.261 e. The van der Waals surface area contributed by atoms with Gasteiger partial charge in [0.15, 0.2) is 11.0 Å². The van der Waals surface area contributed by atoms with E-state index in [1.165, 1.54) is 30.6 Å². The molecule has 29 heavy (non-hydrogen) atoms. The van der Waals surface area contributed by atoms with Gasteiger partial charge in [-0.15, -0.1) is 0 Å². The third kappa shape index (κ3) is 3.70. The number of aromatic nitrogens is 3. The lowest BCUT2D eigenvalue weighted by Gasteiger charge is -2.06. The fourth-order valence-electron chi connectivity index (χ4n) is 2.90. The van der Waals surface area contributed by atoms with Crippen molar-refractivity contribution in [3.63, 3.8) is 0 Å². The van der Waals surface area contributed by atoms with Crippen LogP contribution >= 0.6 is 11.3 Å². The number of methoxy groups -OCH3 is 1. The van der Waals surface area contributed by atoms with Gasteiger partial charge in [0, 0.05) is 31.1 Å². The molecular weight excluding hydrogens is 388 g/mol. The highest BCUT2D eigenvalue weighted by atomic mass is 32.1. The zero-order valence-corrected chi connectivity index (χ0v) is 16.6. The highest BCUT2D eigenvalue weighted by Gasteiger charge is 2.20. The summed E-state index contributed by atoms with van der Waals surface area (Å²) in [5, 5.41) is 13.3. The van der Waals surface area contributed by atoms with E-state index in [-0.39, 0.29) is 11.3 Å². The van der Waals surface area contributed by atoms with Crippen LogP contribution in [0.1, 0.15) is 10.4 Å². The number of amides is 1. The standard InChI is InChI=1S/C21H18N4O3S/c1-25-11-10-22-19(25)18-17(13-6-4-3-5-7-13)23-21(29-18)24-20(27)15-9-8-14(28-2)12-16(15)26/h3-12,26H,1-2H3,(H,23,24,27). The van der Waals surface area contributed by atoms with Crippen LogP contribution in [0.4, 0.5) is 5.13 Å². The average molecular weight is 406 g/mol. The molecule has 0 radical (unpaired) electrons. The average Bonchev–Trinajstić information content (AvgIpc) is 3.34. The van der Waals surface area contributed by atoms with Gasteiger partial charge in [0.25, 0.3) is 5.91 Å². The van der Waals surface area contributed by atoms with Gasteiger partial charge in [-0.1, -0.05) is 41.7 Å². The molecule has 7 nitrogen and oxygen atoms in total. The molecule has 2 aromatic heterocycles. The lowest BCUT2D eigenvalue weighted by molar-refractivity contribution is 0.102. The van der Waals surface area contributed by atoms with Crippen LogP contribution in [0.5, 0.6) is 11.5 Å². The minimum Gasteiger partial charge on any atom is -0.507 e.